The Morgan fingerprint density at radius 3 is 2.54 bits per heavy atom. The number of amides is 1. The van der Waals surface area contributed by atoms with Gasteiger partial charge in [0.2, 0.25) is 5.91 Å². The second-order valence-electron chi connectivity index (χ2n) is 7.05. The van der Waals surface area contributed by atoms with E-state index in [4.69, 9.17) is 10.5 Å². The van der Waals surface area contributed by atoms with Gasteiger partial charge < -0.3 is 15.8 Å². The number of carbonyl (C=O) groups is 2. The Morgan fingerprint density at radius 2 is 1.88 bits per heavy atom. The predicted molar refractivity (Wildman–Crippen MR) is 93.0 cm³/mol. The third-order valence-corrected chi connectivity index (χ3v) is 4.72. The van der Waals surface area contributed by atoms with Crippen LogP contribution >= 0.6 is 0 Å². The summed E-state index contributed by atoms with van der Waals surface area (Å²) in [5.74, 6) is -0.733. The maximum absolute atomic E-state index is 12.1. The number of rotatable bonds is 7. The molecule has 5 nitrogen and oxygen atoms in total. The Morgan fingerprint density at radius 1 is 1.21 bits per heavy atom. The van der Waals surface area contributed by atoms with Gasteiger partial charge in [-0.3, -0.25) is 9.59 Å². The van der Waals surface area contributed by atoms with Crippen LogP contribution in [0.1, 0.15) is 51.0 Å². The summed E-state index contributed by atoms with van der Waals surface area (Å²) in [7, 11) is 0. The van der Waals surface area contributed by atoms with E-state index in [1.807, 2.05) is 30.3 Å². The number of carbonyl (C=O) groups excluding carboxylic acids is 2. The molecule has 132 valence electrons. The lowest BCUT2D eigenvalue weighted by Crippen LogP contribution is -2.46. The predicted octanol–water partition coefficient (Wildman–Crippen LogP) is 2.53. The van der Waals surface area contributed by atoms with Crippen molar-refractivity contribution in [3.05, 3.63) is 35.9 Å². The van der Waals surface area contributed by atoms with Crippen LogP contribution in [0.4, 0.5) is 0 Å². The zero-order valence-corrected chi connectivity index (χ0v) is 14.4. The van der Waals surface area contributed by atoms with Gasteiger partial charge in [-0.15, -0.1) is 0 Å². The number of hydrogen-bond donors (Lipinski definition) is 2. The lowest BCUT2D eigenvalue weighted by molar-refractivity contribution is -0.146. The Balaban J connectivity index is 1.69. The summed E-state index contributed by atoms with van der Waals surface area (Å²) in [5, 5.41) is 2.90. The van der Waals surface area contributed by atoms with E-state index in [0.717, 1.165) is 18.4 Å². The quantitative estimate of drug-likeness (QED) is 0.752. The highest BCUT2D eigenvalue weighted by molar-refractivity contribution is 5.86. The van der Waals surface area contributed by atoms with Gasteiger partial charge in [0, 0.05) is 6.54 Å². The van der Waals surface area contributed by atoms with Crippen LogP contribution < -0.4 is 11.1 Å². The Hall–Kier alpha value is -1.88. The molecule has 0 unspecified atom stereocenters. The zero-order chi connectivity index (χ0) is 17.4. The van der Waals surface area contributed by atoms with E-state index in [0.29, 0.717) is 6.54 Å². The lowest BCUT2D eigenvalue weighted by atomic mass is 9.76. The molecule has 1 saturated carbocycles. The van der Waals surface area contributed by atoms with Gasteiger partial charge in [0.1, 0.15) is 6.61 Å². The van der Waals surface area contributed by atoms with Crippen LogP contribution in [0.3, 0.4) is 0 Å². The fourth-order valence-corrected chi connectivity index (χ4v) is 3.08. The standard InChI is InChI=1S/C19H28N2O3/c1-19(10-6-3-7-11-19)14-21-18(23)16(20)12-17(22)24-13-15-8-4-2-5-9-15/h2,4-5,8-9,16H,3,6-7,10-14,20H2,1H3,(H,21,23)/t16-/m0/s1. The molecule has 0 saturated heterocycles. The second-order valence-corrected chi connectivity index (χ2v) is 7.05. The molecule has 0 aliphatic heterocycles. The van der Waals surface area contributed by atoms with Gasteiger partial charge in [0.25, 0.3) is 0 Å². The average Bonchev–Trinajstić information content (AvgIpc) is 2.59. The van der Waals surface area contributed by atoms with Crippen LogP contribution in [0, 0.1) is 5.41 Å². The van der Waals surface area contributed by atoms with Crippen molar-refractivity contribution >= 4 is 11.9 Å². The van der Waals surface area contributed by atoms with Crippen LogP contribution in [0.2, 0.25) is 0 Å². The van der Waals surface area contributed by atoms with Crippen molar-refractivity contribution < 1.29 is 14.3 Å². The van der Waals surface area contributed by atoms with Crippen molar-refractivity contribution in [3.63, 3.8) is 0 Å². The van der Waals surface area contributed by atoms with Gasteiger partial charge in [-0.2, -0.15) is 0 Å². The SMILES string of the molecule is CC1(CNC(=O)[C@@H](N)CC(=O)OCc2ccccc2)CCCCC1. The minimum absolute atomic E-state index is 0.102. The molecule has 0 aromatic heterocycles. The lowest BCUT2D eigenvalue weighted by Gasteiger charge is -2.33. The topological polar surface area (TPSA) is 81.4 Å². The minimum Gasteiger partial charge on any atom is -0.461 e. The Labute approximate surface area is 143 Å². The largest absolute Gasteiger partial charge is 0.461 e. The zero-order valence-electron chi connectivity index (χ0n) is 14.4. The second kappa shape index (κ2) is 8.83. The molecule has 5 heteroatoms. The van der Waals surface area contributed by atoms with Gasteiger partial charge in [0.15, 0.2) is 0 Å². The van der Waals surface area contributed by atoms with E-state index >= 15 is 0 Å². The summed E-state index contributed by atoms with van der Waals surface area (Å²) in [6.45, 7) is 3.02. The highest BCUT2D eigenvalue weighted by Crippen LogP contribution is 2.34. The first-order chi connectivity index (χ1) is 11.5. The molecule has 1 amide bonds. The molecule has 3 N–H and O–H groups in total. The van der Waals surface area contributed by atoms with Crippen LogP contribution in [-0.2, 0) is 20.9 Å². The molecule has 0 spiro atoms. The number of benzene rings is 1. The third-order valence-electron chi connectivity index (χ3n) is 4.72. The van der Waals surface area contributed by atoms with E-state index in [2.05, 4.69) is 12.2 Å². The van der Waals surface area contributed by atoms with Crippen molar-refractivity contribution in [2.24, 2.45) is 11.1 Å². The smallest absolute Gasteiger partial charge is 0.308 e. The van der Waals surface area contributed by atoms with E-state index in [1.165, 1.54) is 19.3 Å². The fourth-order valence-electron chi connectivity index (χ4n) is 3.08. The van der Waals surface area contributed by atoms with Gasteiger partial charge in [-0.1, -0.05) is 56.5 Å². The summed E-state index contributed by atoms with van der Waals surface area (Å²) in [6.07, 6.45) is 5.85. The summed E-state index contributed by atoms with van der Waals surface area (Å²) in [5.41, 5.74) is 6.90. The van der Waals surface area contributed by atoms with E-state index in [9.17, 15) is 9.59 Å². The normalized spacial score (nSPS) is 17.8. The van der Waals surface area contributed by atoms with Crippen molar-refractivity contribution in [2.75, 3.05) is 6.54 Å². The molecule has 2 rings (SSSR count). The minimum atomic E-state index is -0.861. The van der Waals surface area contributed by atoms with Crippen LogP contribution in [0.15, 0.2) is 30.3 Å². The number of hydrogen-bond acceptors (Lipinski definition) is 4. The summed E-state index contributed by atoms with van der Waals surface area (Å²) in [6, 6.07) is 8.57. The molecule has 1 aromatic carbocycles. The maximum Gasteiger partial charge on any atom is 0.308 e. The number of nitrogens with two attached hydrogens (primary N) is 1. The number of nitrogens with one attached hydrogen (secondary N) is 1. The summed E-state index contributed by atoms with van der Waals surface area (Å²) < 4.78 is 5.16. The van der Waals surface area contributed by atoms with Crippen molar-refractivity contribution in [1.82, 2.24) is 5.32 Å². The first-order valence-corrected chi connectivity index (χ1v) is 8.71. The highest BCUT2D eigenvalue weighted by atomic mass is 16.5. The summed E-state index contributed by atoms with van der Waals surface area (Å²) >= 11 is 0. The van der Waals surface area contributed by atoms with Gasteiger partial charge in [-0.25, -0.2) is 0 Å². The molecular formula is C19H28N2O3. The average molecular weight is 332 g/mol. The molecule has 1 aliphatic carbocycles. The molecule has 1 atom stereocenters. The first-order valence-electron chi connectivity index (χ1n) is 8.71. The highest BCUT2D eigenvalue weighted by Gasteiger charge is 2.28. The van der Waals surface area contributed by atoms with Gasteiger partial charge in [0.05, 0.1) is 12.5 Å². The van der Waals surface area contributed by atoms with E-state index < -0.39 is 12.0 Å². The molecule has 1 aliphatic rings. The van der Waals surface area contributed by atoms with Crippen LogP contribution in [-0.4, -0.2) is 24.5 Å². The van der Waals surface area contributed by atoms with Crippen LogP contribution in [0.5, 0.6) is 0 Å². The van der Waals surface area contributed by atoms with E-state index in [1.54, 1.807) is 0 Å². The molecular weight excluding hydrogens is 304 g/mol. The van der Waals surface area contributed by atoms with Gasteiger partial charge in [-0.05, 0) is 23.8 Å². The fraction of sp³-hybridized carbons (Fsp3) is 0.579. The third kappa shape index (κ3) is 5.96. The number of esters is 1. The Bertz CT molecular complexity index is 539. The van der Waals surface area contributed by atoms with Crippen molar-refractivity contribution in [1.29, 1.82) is 0 Å². The van der Waals surface area contributed by atoms with Gasteiger partial charge >= 0.3 is 5.97 Å². The first kappa shape index (κ1) is 18.5. The molecule has 0 bridgehead atoms. The summed E-state index contributed by atoms with van der Waals surface area (Å²) in [4.78, 5) is 23.9. The number of ether oxygens (including phenoxy) is 1. The molecule has 1 aromatic rings. The maximum atomic E-state index is 12.1. The van der Waals surface area contributed by atoms with Crippen molar-refractivity contribution in [3.8, 4) is 0 Å². The Kier molecular flexibility index (Phi) is 6.79. The molecule has 1 fully saturated rings. The monoisotopic (exact) mass is 332 g/mol. The van der Waals surface area contributed by atoms with E-state index in [-0.39, 0.29) is 24.3 Å². The van der Waals surface area contributed by atoms with Crippen molar-refractivity contribution in [2.45, 2.75) is 58.1 Å². The molecule has 0 heterocycles. The molecule has 24 heavy (non-hydrogen) atoms. The molecule has 0 radical (unpaired) electrons. The van der Waals surface area contributed by atoms with Crippen LogP contribution in [0.25, 0.3) is 0 Å².